The van der Waals surface area contributed by atoms with Crippen molar-refractivity contribution >= 4 is 22.4 Å². The number of nitrogens with zero attached hydrogens (tertiary/aromatic N) is 2. The first kappa shape index (κ1) is 14.7. The van der Waals surface area contributed by atoms with Gasteiger partial charge in [0.25, 0.3) is 5.91 Å². The highest BCUT2D eigenvalue weighted by atomic mass is 32.1. The number of carbonyl (C=O) groups is 1. The van der Waals surface area contributed by atoms with E-state index >= 15 is 0 Å². The first-order valence-corrected chi connectivity index (χ1v) is 7.80. The van der Waals surface area contributed by atoms with Gasteiger partial charge in [0.2, 0.25) is 5.13 Å². The number of amides is 1. The van der Waals surface area contributed by atoms with E-state index in [2.05, 4.69) is 22.4 Å². The van der Waals surface area contributed by atoms with Crippen LogP contribution in [0.3, 0.4) is 0 Å². The van der Waals surface area contributed by atoms with Crippen molar-refractivity contribution in [2.24, 2.45) is 0 Å². The van der Waals surface area contributed by atoms with E-state index in [-0.39, 0.29) is 5.91 Å². The molecule has 0 aliphatic carbocycles. The van der Waals surface area contributed by atoms with Gasteiger partial charge in [-0.3, -0.25) is 10.1 Å². The van der Waals surface area contributed by atoms with Gasteiger partial charge in [-0.25, -0.2) is 0 Å². The van der Waals surface area contributed by atoms with E-state index in [0.29, 0.717) is 10.7 Å². The molecule has 0 unspecified atom stereocenters. The number of benzene rings is 1. The SMILES string of the molecule is CCCCCCc1nnc(NC(=O)c2ccccc2)s1. The van der Waals surface area contributed by atoms with Crippen LogP contribution in [0.5, 0.6) is 0 Å². The standard InChI is InChI=1S/C15H19N3OS/c1-2-3-4-8-11-13-17-18-15(20-13)16-14(19)12-9-6-5-7-10-12/h5-7,9-10H,2-4,8,11H2,1H3,(H,16,18,19). The number of anilines is 1. The second-order valence-electron chi connectivity index (χ2n) is 4.63. The lowest BCUT2D eigenvalue weighted by molar-refractivity contribution is 0.102. The molecule has 20 heavy (non-hydrogen) atoms. The highest BCUT2D eigenvalue weighted by Crippen LogP contribution is 2.18. The van der Waals surface area contributed by atoms with Crippen LogP contribution in [0, 0.1) is 0 Å². The van der Waals surface area contributed by atoms with Crippen molar-refractivity contribution in [3.05, 3.63) is 40.9 Å². The molecule has 0 saturated carbocycles. The van der Waals surface area contributed by atoms with Crippen molar-refractivity contribution in [3.63, 3.8) is 0 Å². The summed E-state index contributed by atoms with van der Waals surface area (Å²) in [5, 5.41) is 12.5. The molecule has 0 fully saturated rings. The van der Waals surface area contributed by atoms with E-state index in [1.807, 2.05) is 18.2 Å². The summed E-state index contributed by atoms with van der Waals surface area (Å²) in [6, 6.07) is 9.13. The van der Waals surface area contributed by atoms with Crippen molar-refractivity contribution in [1.29, 1.82) is 0 Å². The van der Waals surface area contributed by atoms with Crippen molar-refractivity contribution in [2.45, 2.75) is 39.0 Å². The maximum atomic E-state index is 12.0. The quantitative estimate of drug-likeness (QED) is 0.786. The Balaban J connectivity index is 1.85. The number of nitrogens with one attached hydrogen (secondary N) is 1. The highest BCUT2D eigenvalue weighted by molar-refractivity contribution is 7.15. The molecule has 1 aromatic carbocycles. The molecule has 0 saturated heterocycles. The molecule has 5 heteroatoms. The molecule has 106 valence electrons. The maximum Gasteiger partial charge on any atom is 0.257 e. The summed E-state index contributed by atoms with van der Waals surface area (Å²) in [7, 11) is 0. The minimum absolute atomic E-state index is 0.140. The average Bonchev–Trinajstić information content (AvgIpc) is 2.92. The molecular formula is C15H19N3OS. The summed E-state index contributed by atoms with van der Waals surface area (Å²) in [5.74, 6) is -0.140. The van der Waals surface area contributed by atoms with Crippen LogP contribution < -0.4 is 5.32 Å². The van der Waals surface area contributed by atoms with Gasteiger partial charge < -0.3 is 0 Å². The average molecular weight is 289 g/mol. The van der Waals surface area contributed by atoms with Gasteiger partial charge in [-0.2, -0.15) is 0 Å². The van der Waals surface area contributed by atoms with Gasteiger partial charge >= 0.3 is 0 Å². The lowest BCUT2D eigenvalue weighted by Gasteiger charge is -1.99. The Bertz CT molecular complexity index is 539. The Hall–Kier alpha value is -1.75. The molecule has 1 amide bonds. The van der Waals surface area contributed by atoms with Gasteiger partial charge in [0.05, 0.1) is 0 Å². The Labute approximate surface area is 123 Å². The smallest absolute Gasteiger partial charge is 0.257 e. The molecule has 0 aliphatic rings. The number of aryl methyl sites for hydroxylation is 1. The summed E-state index contributed by atoms with van der Waals surface area (Å²) in [5.41, 5.74) is 0.632. The largest absolute Gasteiger partial charge is 0.296 e. The third-order valence-electron chi connectivity index (χ3n) is 2.97. The van der Waals surface area contributed by atoms with Crippen LogP contribution in [-0.2, 0) is 6.42 Å². The number of unbranched alkanes of at least 4 members (excludes halogenated alkanes) is 3. The van der Waals surface area contributed by atoms with Crippen molar-refractivity contribution in [3.8, 4) is 0 Å². The minimum Gasteiger partial charge on any atom is -0.296 e. The van der Waals surface area contributed by atoms with E-state index in [1.54, 1.807) is 12.1 Å². The monoisotopic (exact) mass is 289 g/mol. The molecule has 0 spiro atoms. The van der Waals surface area contributed by atoms with E-state index in [4.69, 9.17) is 0 Å². The molecule has 1 N–H and O–H groups in total. The van der Waals surface area contributed by atoms with Crippen LogP contribution in [-0.4, -0.2) is 16.1 Å². The lowest BCUT2D eigenvalue weighted by atomic mass is 10.2. The van der Waals surface area contributed by atoms with E-state index in [9.17, 15) is 4.79 Å². The summed E-state index contributed by atoms with van der Waals surface area (Å²) >= 11 is 1.46. The number of aromatic nitrogens is 2. The van der Waals surface area contributed by atoms with Gasteiger partial charge in [-0.1, -0.05) is 55.7 Å². The van der Waals surface area contributed by atoms with Crippen molar-refractivity contribution in [2.75, 3.05) is 5.32 Å². The zero-order valence-corrected chi connectivity index (χ0v) is 12.4. The van der Waals surface area contributed by atoms with Gasteiger partial charge in [0, 0.05) is 12.0 Å². The molecule has 1 heterocycles. The Morgan fingerprint density at radius 1 is 1.15 bits per heavy atom. The molecule has 2 aromatic rings. The van der Waals surface area contributed by atoms with Crippen LogP contribution in [0.4, 0.5) is 5.13 Å². The third kappa shape index (κ3) is 4.42. The molecule has 2 rings (SSSR count). The van der Waals surface area contributed by atoms with E-state index in [0.717, 1.165) is 17.8 Å². The zero-order valence-electron chi connectivity index (χ0n) is 11.6. The second kappa shape index (κ2) is 7.75. The molecule has 0 aliphatic heterocycles. The first-order chi connectivity index (χ1) is 9.79. The predicted octanol–water partition coefficient (Wildman–Crippen LogP) is 3.91. The molecular weight excluding hydrogens is 270 g/mol. The minimum atomic E-state index is -0.140. The Morgan fingerprint density at radius 3 is 2.70 bits per heavy atom. The Morgan fingerprint density at radius 2 is 1.95 bits per heavy atom. The van der Waals surface area contributed by atoms with Crippen LogP contribution in [0.1, 0.15) is 48.0 Å². The van der Waals surface area contributed by atoms with Gasteiger partial charge in [-0.05, 0) is 18.6 Å². The van der Waals surface area contributed by atoms with Crippen LogP contribution in [0.15, 0.2) is 30.3 Å². The van der Waals surface area contributed by atoms with Crippen LogP contribution >= 0.6 is 11.3 Å². The highest BCUT2D eigenvalue weighted by Gasteiger charge is 2.09. The maximum absolute atomic E-state index is 12.0. The van der Waals surface area contributed by atoms with Gasteiger partial charge in [0.1, 0.15) is 5.01 Å². The number of carbonyl (C=O) groups excluding carboxylic acids is 1. The van der Waals surface area contributed by atoms with Crippen LogP contribution in [0.25, 0.3) is 0 Å². The molecule has 0 bridgehead atoms. The third-order valence-corrected chi connectivity index (χ3v) is 3.87. The van der Waals surface area contributed by atoms with Gasteiger partial charge in [-0.15, -0.1) is 10.2 Å². The number of hydrogen-bond donors (Lipinski definition) is 1. The number of hydrogen-bond acceptors (Lipinski definition) is 4. The summed E-state index contributed by atoms with van der Waals surface area (Å²) in [6.45, 7) is 2.20. The normalized spacial score (nSPS) is 10.4. The zero-order chi connectivity index (χ0) is 14.2. The van der Waals surface area contributed by atoms with E-state index < -0.39 is 0 Å². The van der Waals surface area contributed by atoms with Gasteiger partial charge in [0.15, 0.2) is 0 Å². The fraction of sp³-hybridized carbons (Fsp3) is 0.400. The number of rotatable bonds is 7. The first-order valence-electron chi connectivity index (χ1n) is 6.98. The summed E-state index contributed by atoms with van der Waals surface area (Å²) < 4.78 is 0. The molecule has 0 radical (unpaired) electrons. The topological polar surface area (TPSA) is 54.9 Å². The molecule has 4 nitrogen and oxygen atoms in total. The molecule has 1 aromatic heterocycles. The summed E-state index contributed by atoms with van der Waals surface area (Å²) in [4.78, 5) is 12.0. The van der Waals surface area contributed by atoms with Crippen molar-refractivity contribution < 1.29 is 4.79 Å². The van der Waals surface area contributed by atoms with Crippen LogP contribution in [0.2, 0.25) is 0 Å². The molecule has 0 atom stereocenters. The summed E-state index contributed by atoms with van der Waals surface area (Å²) in [6.07, 6.45) is 5.79. The van der Waals surface area contributed by atoms with E-state index in [1.165, 1.54) is 30.6 Å². The second-order valence-corrected chi connectivity index (χ2v) is 5.69. The fourth-order valence-electron chi connectivity index (χ4n) is 1.87. The Kier molecular flexibility index (Phi) is 5.68. The lowest BCUT2D eigenvalue weighted by Crippen LogP contribution is -2.11. The fourth-order valence-corrected chi connectivity index (χ4v) is 2.64. The predicted molar refractivity (Wildman–Crippen MR) is 82.2 cm³/mol. The van der Waals surface area contributed by atoms with Crippen molar-refractivity contribution in [1.82, 2.24) is 10.2 Å².